The molecule has 0 saturated heterocycles. The molecule has 0 unspecified atom stereocenters. The van der Waals surface area contributed by atoms with Gasteiger partial charge in [-0.1, -0.05) is 0 Å². The van der Waals surface area contributed by atoms with E-state index in [-0.39, 0.29) is 52.9 Å². The minimum atomic E-state index is -5.38. The van der Waals surface area contributed by atoms with Crippen molar-refractivity contribution in [1.82, 2.24) is 20.6 Å². The van der Waals surface area contributed by atoms with Crippen LogP contribution in [0.2, 0.25) is 0 Å². The molecule has 2 aromatic heterocycles. The van der Waals surface area contributed by atoms with Gasteiger partial charge in [0.1, 0.15) is 34.8 Å². The second-order valence-corrected chi connectivity index (χ2v) is 11.6. The summed E-state index contributed by atoms with van der Waals surface area (Å²) in [5.41, 5.74) is -1.82. The fourth-order valence-corrected chi connectivity index (χ4v) is 4.81. The molecule has 11 nitrogen and oxygen atoms in total. The Bertz CT molecular complexity index is 1790. The first-order valence-electron chi connectivity index (χ1n) is 13.6. The Morgan fingerprint density at radius 3 is 2.36 bits per heavy atom. The third-order valence-electron chi connectivity index (χ3n) is 7.44. The highest BCUT2D eigenvalue weighted by Gasteiger charge is 2.58. The van der Waals surface area contributed by atoms with Gasteiger partial charge in [-0.3, -0.25) is 9.59 Å². The maximum Gasteiger partial charge on any atom is 0.424 e. The van der Waals surface area contributed by atoms with Crippen molar-refractivity contribution >= 4 is 28.9 Å². The first-order chi connectivity index (χ1) is 20.9. The number of nitrogen functional groups attached to an aromatic ring is 1. The summed E-state index contributed by atoms with van der Waals surface area (Å²) in [6, 6.07) is 9.30. The van der Waals surface area contributed by atoms with E-state index in [4.69, 9.17) is 14.9 Å². The van der Waals surface area contributed by atoms with Crippen LogP contribution < -0.4 is 21.1 Å². The quantitative estimate of drug-likeness (QED) is 0.183. The van der Waals surface area contributed by atoms with Crippen LogP contribution in [0.15, 0.2) is 52.9 Å². The number of pyridine rings is 1. The number of nitrogens with two attached hydrogens (primary N) is 1. The average molecular weight is 632 g/mol. The van der Waals surface area contributed by atoms with E-state index in [1.165, 1.54) is 51.1 Å². The van der Waals surface area contributed by atoms with Gasteiger partial charge in [-0.25, -0.2) is 9.37 Å². The van der Waals surface area contributed by atoms with Crippen LogP contribution in [0.5, 0.6) is 5.75 Å². The normalized spacial score (nSPS) is 17.8. The van der Waals surface area contributed by atoms with Crippen molar-refractivity contribution in [2.75, 3.05) is 25.4 Å². The van der Waals surface area contributed by atoms with Gasteiger partial charge in [0.15, 0.2) is 5.58 Å². The van der Waals surface area contributed by atoms with E-state index in [1.807, 2.05) is 0 Å². The molecule has 1 aliphatic rings. The van der Waals surface area contributed by atoms with Gasteiger partial charge in [-0.05, 0) is 69.3 Å². The molecule has 4 aromatic rings. The third-order valence-corrected chi connectivity index (χ3v) is 7.44. The summed E-state index contributed by atoms with van der Waals surface area (Å²) in [5, 5.41) is 26.0. The first-order valence-corrected chi connectivity index (χ1v) is 13.6. The van der Waals surface area contributed by atoms with Gasteiger partial charge < -0.3 is 35.7 Å². The van der Waals surface area contributed by atoms with E-state index >= 15 is 0 Å². The number of nitrogens with zero attached hydrogens (tertiary/aromatic N) is 2. The van der Waals surface area contributed by atoms with E-state index in [9.17, 15) is 37.4 Å². The number of alkyl halides is 3. The largest absolute Gasteiger partial charge is 0.489 e. The topological polar surface area (TPSA) is 173 Å². The average Bonchev–Trinajstić information content (AvgIpc) is 3.52. The van der Waals surface area contributed by atoms with Crippen LogP contribution >= 0.6 is 0 Å². The lowest BCUT2D eigenvalue weighted by Crippen LogP contribution is -2.52. The van der Waals surface area contributed by atoms with E-state index in [0.717, 1.165) is 18.2 Å². The summed E-state index contributed by atoms with van der Waals surface area (Å²) in [4.78, 5) is 34.3. The van der Waals surface area contributed by atoms with E-state index in [0.29, 0.717) is 5.52 Å². The number of aliphatic hydroxyl groups is 2. The summed E-state index contributed by atoms with van der Waals surface area (Å²) in [7, 11) is 0. The van der Waals surface area contributed by atoms with Gasteiger partial charge in [0, 0.05) is 23.2 Å². The Morgan fingerprint density at radius 1 is 1.02 bits per heavy atom. The highest BCUT2D eigenvalue weighted by molar-refractivity contribution is 5.97. The summed E-state index contributed by atoms with van der Waals surface area (Å²) in [5.74, 6) is -2.31. The highest BCUT2D eigenvalue weighted by atomic mass is 19.4. The summed E-state index contributed by atoms with van der Waals surface area (Å²) in [6.45, 7) is 2.49. The van der Waals surface area contributed by atoms with Gasteiger partial charge >= 0.3 is 6.18 Å². The van der Waals surface area contributed by atoms with Gasteiger partial charge in [0.05, 0.1) is 17.8 Å². The Labute approximate surface area is 253 Å². The minimum absolute atomic E-state index is 0.0394. The van der Waals surface area contributed by atoms with Gasteiger partial charge in [0.2, 0.25) is 11.5 Å². The molecule has 0 radical (unpaired) electrons. The molecule has 1 aliphatic heterocycles. The zero-order valence-electron chi connectivity index (χ0n) is 24.3. The first kappa shape index (κ1) is 31.7. The van der Waals surface area contributed by atoms with Crippen LogP contribution in [-0.4, -0.2) is 63.5 Å². The van der Waals surface area contributed by atoms with Crippen molar-refractivity contribution in [1.29, 1.82) is 0 Å². The molecule has 0 bridgehead atoms. The predicted molar refractivity (Wildman–Crippen MR) is 152 cm³/mol. The lowest BCUT2D eigenvalue weighted by atomic mass is 9.81. The van der Waals surface area contributed by atoms with E-state index in [1.54, 1.807) is 0 Å². The van der Waals surface area contributed by atoms with Crippen molar-refractivity contribution < 1.29 is 46.5 Å². The zero-order valence-corrected chi connectivity index (χ0v) is 24.3. The molecule has 15 heteroatoms. The standard InChI is InChI=1S/C30H29F4N5O6/c1-27(2,42)12-37-25(41)28(3)14-44-23-18(28)11-21(39-22(23)15-4-7-17(31)8-5-15)29(43,30(32,33)34)13-36-24(40)16-6-9-19-20(10-16)45-26(35)38-19/h4-11,42-43H,12-14H2,1-3H3,(H2,35,38)(H,36,40)(H,37,41)/t28-,29-/m0/s1. The predicted octanol–water partition coefficient (Wildman–Crippen LogP) is 3.33. The van der Waals surface area contributed by atoms with Crippen LogP contribution in [0.4, 0.5) is 23.6 Å². The number of fused-ring (bicyclic) bond motifs is 2. The van der Waals surface area contributed by atoms with Crippen molar-refractivity contribution in [3.05, 3.63) is 71.2 Å². The fraction of sp³-hybridized carbons (Fsp3) is 0.333. The van der Waals surface area contributed by atoms with Gasteiger partial charge in [-0.2, -0.15) is 18.2 Å². The zero-order chi connectivity index (χ0) is 32.9. The number of hydrogen-bond donors (Lipinski definition) is 5. The number of oxazole rings is 1. The Morgan fingerprint density at radius 2 is 1.71 bits per heavy atom. The second-order valence-electron chi connectivity index (χ2n) is 11.6. The number of halogens is 4. The highest BCUT2D eigenvalue weighted by Crippen LogP contribution is 2.48. The smallest absolute Gasteiger partial charge is 0.424 e. The molecular formula is C30H29F4N5O6. The fourth-order valence-electron chi connectivity index (χ4n) is 4.81. The molecule has 6 N–H and O–H groups in total. The van der Waals surface area contributed by atoms with Crippen molar-refractivity contribution in [3.63, 3.8) is 0 Å². The summed E-state index contributed by atoms with van der Waals surface area (Å²) >= 11 is 0. The number of aromatic nitrogens is 2. The van der Waals surface area contributed by atoms with Crippen LogP contribution in [0.1, 0.15) is 42.4 Å². The molecule has 0 fully saturated rings. The van der Waals surface area contributed by atoms with Crippen LogP contribution in [0.25, 0.3) is 22.4 Å². The van der Waals surface area contributed by atoms with Crippen molar-refractivity contribution in [2.45, 2.75) is 43.6 Å². The summed E-state index contributed by atoms with van der Waals surface area (Å²) < 4.78 is 68.9. The molecule has 2 atom stereocenters. The Balaban J connectivity index is 1.58. The Kier molecular flexibility index (Phi) is 7.74. The molecule has 2 amide bonds. The second kappa shape index (κ2) is 11.0. The molecule has 0 aliphatic carbocycles. The van der Waals surface area contributed by atoms with E-state index in [2.05, 4.69) is 20.6 Å². The number of rotatable bonds is 8. The monoisotopic (exact) mass is 631 g/mol. The number of benzene rings is 2. The maximum absolute atomic E-state index is 14.7. The number of hydrogen-bond acceptors (Lipinski definition) is 9. The van der Waals surface area contributed by atoms with Gasteiger partial charge in [-0.15, -0.1) is 0 Å². The molecule has 45 heavy (non-hydrogen) atoms. The molecule has 0 saturated carbocycles. The Hall–Kier alpha value is -4.76. The maximum atomic E-state index is 14.7. The number of carbonyl (C=O) groups is 2. The lowest BCUT2D eigenvalue weighted by Gasteiger charge is -2.32. The SMILES string of the molecule is CC(C)(O)CNC(=O)[C@@]1(C)COc2c1cc([C@@](O)(CNC(=O)c1ccc3nc(N)oc3c1)C(F)(F)F)nc2-c1ccc(F)cc1. The molecular weight excluding hydrogens is 602 g/mol. The molecule has 3 heterocycles. The number of ether oxygens (including phenoxy) is 1. The van der Waals surface area contributed by atoms with Crippen molar-refractivity contribution in [2.24, 2.45) is 0 Å². The minimum Gasteiger partial charge on any atom is -0.489 e. The number of nitrogens with one attached hydrogen (secondary N) is 2. The van der Waals surface area contributed by atoms with Crippen LogP contribution in [0.3, 0.4) is 0 Å². The summed E-state index contributed by atoms with van der Waals surface area (Å²) in [6.07, 6.45) is -5.38. The molecule has 5 rings (SSSR count). The number of amides is 2. The van der Waals surface area contributed by atoms with E-state index < -0.39 is 52.7 Å². The van der Waals surface area contributed by atoms with Crippen LogP contribution in [-0.2, 0) is 15.8 Å². The number of carbonyl (C=O) groups excluding carboxylic acids is 2. The van der Waals surface area contributed by atoms with Crippen molar-refractivity contribution in [3.8, 4) is 17.0 Å². The number of anilines is 1. The molecule has 238 valence electrons. The lowest BCUT2D eigenvalue weighted by molar-refractivity contribution is -0.265. The van der Waals surface area contributed by atoms with Gasteiger partial charge in [0.25, 0.3) is 11.9 Å². The van der Waals surface area contributed by atoms with Crippen LogP contribution in [0, 0.1) is 5.82 Å². The molecule has 2 aromatic carbocycles. The third kappa shape index (κ3) is 6.00. The molecule has 0 spiro atoms.